The molecule has 6 nitrogen and oxygen atoms in total. The molecule has 0 atom stereocenters. The van der Waals surface area contributed by atoms with Gasteiger partial charge >= 0.3 is 0 Å². The number of nitrogens with one attached hydrogen (secondary N) is 1. The number of nitrogens with zero attached hydrogens (tertiary/aromatic N) is 3. The van der Waals surface area contributed by atoms with E-state index in [4.69, 9.17) is 19.6 Å². The summed E-state index contributed by atoms with van der Waals surface area (Å²) in [4.78, 5) is 5.65. The Balaban J connectivity index is 1.47. The van der Waals surface area contributed by atoms with Gasteiger partial charge in [0.1, 0.15) is 0 Å². The molecular formula is C28H24N4O2S. The van der Waals surface area contributed by atoms with E-state index in [1.165, 1.54) is 5.56 Å². The second-order valence-corrected chi connectivity index (χ2v) is 9.19. The second kappa shape index (κ2) is 9.46. The van der Waals surface area contributed by atoms with Gasteiger partial charge in [0.15, 0.2) is 12.1 Å². The fourth-order valence-electron chi connectivity index (χ4n) is 4.18. The highest BCUT2D eigenvalue weighted by atomic mass is 32.1. The summed E-state index contributed by atoms with van der Waals surface area (Å²) in [6.45, 7) is 3.22. The Morgan fingerprint density at radius 3 is 2.49 bits per heavy atom. The molecule has 7 heteroatoms. The summed E-state index contributed by atoms with van der Waals surface area (Å²) in [6, 6.07) is 28.9. The predicted octanol–water partition coefficient (Wildman–Crippen LogP) is 6.04. The van der Waals surface area contributed by atoms with Crippen molar-refractivity contribution in [2.75, 3.05) is 18.6 Å². The molecule has 0 spiro atoms. The van der Waals surface area contributed by atoms with Crippen LogP contribution in [0.1, 0.15) is 17.4 Å². The monoisotopic (exact) mass is 480 g/mol. The maximum Gasteiger partial charge on any atom is 0.213 e. The number of para-hydroxylation sites is 1. The van der Waals surface area contributed by atoms with Crippen LogP contribution in [0.2, 0.25) is 0 Å². The molecule has 0 amide bonds. The van der Waals surface area contributed by atoms with Gasteiger partial charge in [-0.1, -0.05) is 66.2 Å². The number of pyridine rings is 1. The zero-order chi connectivity index (χ0) is 23.6. The summed E-state index contributed by atoms with van der Waals surface area (Å²) < 4.78 is 13.8. The van der Waals surface area contributed by atoms with Crippen molar-refractivity contribution in [3.05, 3.63) is 106 Å². The van der Waals surface area contributed by atoms with Gasteiger partial charge in [0.05, 0.1) is 30.0 Å². The molecule has 1 saturated heterocycles. The normalized spacial score (nSPS) is 14.6. The van der Waals surface area contributed by atoms with Crippen molar-refractivity contribution in [1.29, 1.82) is 0 Å². The van der Waals surface area contributed by atoms with E-state index in [9.17, 15) is 0 Å². The summed E-state index contributed by atoms with van der Waals surface area (Å²) in [5.74, 6) is 0.626. The molecule has 0 unspecified atom stereocenters. The van der Waals surface area contributed by atoms with Crippen LogP contribution in [0.4, 0.5) is 5.82 Å². The molecule has 35 heavy (non-hydrogen) atoms. The molecule has 0 bridgehead atoms. The van der Waals surface area contributed by atoms with E-state index >= 15 is 0 Å². The molecule has 1 aliphatic rings. The number of fused-ring (bicyclic) bond motifs is 1. The number of hydrogen-bond donors (Lipinski definition) is 1. The van der Waals surface area contributed by atoms with Gasteiger partial charge in [-0.15, -0.1) is 16.4 Å². The molecule has 2 aromatic heterocycles. The van der Waals surface area contributed by atoms with Gasteiger partial charge in [0.25, 0.3) is 0 Å². The Kier molecular flexibility index (Phi) is 5.88. The van der Waals surface area contributed by atoms with Gasteiger partial charge in [0, 0.05) is 16.5 Å². The number of aromatic nitrogens is 2. The van der Waals surface area contributed by atoms with Crippen molar-refractivity contribution in [3.8, 4) is 16.9 Å². The van der Waals surface area contributed by atoms with Crippen LogP contribution < -0.4 is 10.2 Å². The van der Waals surface area contributed by atoms with Crippen molar-refractivity contribution in [1.82, 2.24) is 9.55 Å². The zero-order valence-electron chi connectivity index (χ0n) is 19.2. The van der Waals surface area contributed by atoms with Gasteiger partial charge in [-0.05, 0) is 36.8 Å². The average molecular weight is 481 g/mol. The van der Waals surface area contributed by atoms with Crippen molar-refractivity contribution in [2.45, 2.75) is 13.2 Å². The van der Waals surface area contributed by atoms with Gasteiger partial charge in [-0.2, -0.15) is 0 Å². The first-order valence-corrected chi connectivity index (χ1v) is 12.4. The van der Waals surface area contributed by atoms with Gasteiger partial charge in [0.2, 0.25) is 4.80 Å². The van der Waals surface area contributed by atoms with Crippen LogP contribution >= 0.6 is 11.3 Å². The topological polar surface area (TPSA) is 60.7 Å². The smallest absolute Gasteiger partial charge is 0.213 e. The lowest BCUT2D eigenvalue weighted by molar-refractivity contribution is -0.0436. The Hall–Kier alpha value is -3.78. The van der Waals surface area contributed by atoms with Crippen molar-refractivity contribution in [2.24, 2.45) is 5.10 Å². The van der Waals surface area contributed by atoms with E-state index in [2.05, 4.69) is 76.9 Å². The van der Waals surface area contributed by atoms with Crippen LogP contribution in [-0.4, -0.2) is 22.8 Å². The third-order valence-corrected chi connectivity index (χ3v) is 6.78. The number of anilines is 1. The molecule has 1 N–H and O–H groups in total. The van der Waals surface area contributed by atoms with Crippen LogP contribution in [0.15, 0.2) is 95.4 Å². The maximum atomic E-state index is 5.80. The first-order valence-electron chi connectivity index (χ1n) is 11.5. The summed E-state index contributed by atoms with van der Waals surface area (Å²) in [5, 5.41) is 7.98. The van der Waals surface area contributed by atoms with E-state index in [0.717, 1.165) is 38.2 Å². The zero-order valence-corrected chi connectivity index (χ0v) is 20.0. The first-order chi connectivity index (χ1) is 17.3. The van der Waals surface area contributed by atoms with E-state index in [0.29, 0.717) is 19.0 Å². The Morgan fingerprint density at radius 1 is 0.943 bits per heavy atom. The number of aryl methyl sites for hydroxylation is 1. The van der Waals surface area contributed by atoms with E-state index < -0.39 is 6.29 Å². The largest absolute Gasteiger partial charge is 0.346 e. The lowest BCUT2D eigenvalue weighted by atomic mass is 10.1. The fraction of sp³-hybridized carbons (Fsp3) is 0.143. The second-order valence-electron chi connectivity index (χ2n) is 8.36. The summed E-state index contributed by atoms with van der Waals surface area (Å²) in [5.41, 5.74) is 9.42. The fourth-order valence-corrected chi connectivity index (χ4v) is 5.05. The van der Waals surface area contributed by atoms with Crippen molar-refractivity contribution >= 4 is 28.1 Å². The Bertz CT molecular complexity index is 1540. The number of ether oxygens (including phenoxy) is 2. The van der Waals surface area contributed by atoms with Gasteiger partial charge < -0.3 is 9.47 Å². The van der Waals surface area contributed by atoms with E-state index in [-0.39, 0.29) is 0 Å². The van der Waals surface area contributed by atoms with Gasteiger partial charge in [-0.25, -0.2) is 4.98 Å². The van der Waals surface area contributed by atoms with Gasteiger partial charge in [-0.3, -0.25) is 9.99 Å². The van der Waals surface area contributed by atoms with E-state index in [1.54, 1.807) is 11.3 Å². The highest BCUT2D eigenvalue weighted by Crippen LogP contribution is 2.31. The first kappa shape index (κ1) is 21.7. The lowest BCUT2D eigenvalue weighted by Crippen LogP contribution is -2.17. The lowest BCUT2D eigenvalue weighted by Gasteiger charge is -2.15. The molecule has 0 saturated carbocycles. The Labute approximate surface area is 207 Å². The molecular weight excluding hydrogens is 456 g/mol. The van der Waals surface area contributed by atoms with Crippen LogP contribution in [0, 0.1) is 6.92 Å². The highest BCUT2D eigenvalue weighted by molar-refractivity contribution is 7.07. The minimum atomic E-state index is -0.461. The standard InChI is InChI=1S/C28H24N4O2S/c1-19-11-13-22(14-12-19)32-25(20-7-3-2-4-8-20)18-35-28(32)31-30-26-23(27-33-15-16-34-27)17-21-9-5-6-10-24(21)29-26/h2-14,17-18,27H,15-16H2,1H3,(H,29,30)/b31-28-. The van der Waals surface area contributed by atoms with Crippen molar-refractivity contribution < 1.29 is 9.47 Å². The van der Waals surface area contributed by atoms with Crippen molar-refractivity contribution in [3.63, 3.8) is 0 Å². The Morgan fingerprint density at radius 2 is 1.69 bits per heavy atom. The molecule has 1 aliphatic heterocycles. The third-order valence-electron chi connectivity index (χ3n) is 5.96. The molecule has 0 radical (unpaired) electrons. The van der Waals surface area contributed by atoms with Crippen LogP contribution in [0.5, 0.6) is 0 Å². The average Bonchev–Trinajstić information content (AvgIpc) is 3.59. The molecule has 174 valence electrons. The maximum absolute atomic E-state index is 5.80. The summed E-state index contributed by atoms with van der Waals surface area (Å²) >= 11 is 1.57. The molecule has 5 aromatic rings. The minimum absolute atomic E-state index is 0.461. The number of thiazole rings is 1. The van der Waals surface area contributed by atoms with Crippen LogP contribution in [0.3, 0.4) is 0 Å². The molecule has 1 fully saturated rings. The number of benzene rings is 3. The number of rotatable bonds is 5. The quantitative estimate of drug-likeness (QED) is 0.312. The van der Waals surface area contributed by atoms with Crippen LogP contribution in [0.25, 0.3) is 27.8 Å². The molecule has 3 heterocycles. The molecule has 3 aromatic carbocycles. The molecule has 0 aliphatic carbocycles. The van der Waals surface area contributed by atoms with Crippen LogP contribution in [-0.2, 0) is 9.47 Å². The minimum Gasteiger partial charge on any atom is -0.346 e. The van der Waals surface area contributed by atoms with E-state index in [1.807, 2.05) is 30.3 Å². The summed E-state index contributed by atoms with van der Waals surface area (Å²) in [6.07, 6.45) is -0.461. The highest BCUT2D eigenvalue weighted by Gasteiger charge is 2.23. The summed E-state index contributed by atoms with van der Waals surface area (Å²) in [7, 11) is 0. The predicted molar refractivity (Wildman–Crippen MR) is 139 cm³/mol. The molecule has 6 rings (SSSR count). The number of hydrogen-bond acceptors (Lipinski definition) is 6. The third kappa shape index (κ3) is 4.37. The SMILES string of the molecule is Cc1ccc(-n2c(-c3ccccc3)cs/c2=N\Nc2nc3ccccc3cc2C2OCCO2)cc1.